The molecule has 0 aliphatic rings. The van der Waals surface area contributed by atoms with Crippen LogP contribution in [0, 0.1) is 11.3 Å². The van der Waals surface area contributed by atoms with Crippen molar-refractivity contribution in [3.63, 3.8) is 0 Å². The van der Waals surface area contributed by atoms with Crippen molar-refractivity contribution >= 4 is 55.7 Å². The van der Waals surface area contributed by atoms with Gasteiger partial charge in [0.25, 0.3) is 0 Å². The average Bonchev–Trinajstić information content (AvgIpc) is 3.14. The molecule has 2 nitrogen and oxygen atoms in total. The molecule has 0 amide bonds. The van der Waals surface area contributed by atoms with Gasteiger partial charge in [0.05, 0.1) is 24.0 Å². The second kappa shape index (κ2) is 8.83. The Morgan fingerprint density at radius 2 is 1.69 bits per heavy atom. The molecule has 35 heavy (non-hydrogen) atoms. The summed E-state index contributed by atoms with van der Waals surface area (Å²) < 4.78 is 2.50. The van der Waals surface area contributed by atoms with E-state index in [2.05, 4.69) is 102 Å². The zero-order chi connectivity index (χ0) is 25.0. The number of rotatable bonds is 5. The van der Waals surface area contributed by atoms with E-state index in [4.69, 9.17) is 9.97 Å². The van der Waals surface area contributed by atoms with E-state index >= 15 is 0 Å². The molecule has 0 saturated carbocycles. The highest BCUT2D eigenvalue weighted by Crippen LogP contribution is 2.39. The lowest BCUT2D eigenvalue weighted by molar-refractivity contribution is 0.411. The van der Waals surface area contributed by atoms with Crippen LogP contribution in [0.4, 0.5) is 0 Å². The summed E-state index contributed by atoms with van der Waals surface area (Å²) in [6.07, 6.45) is 2.82. The normalized spacial score (nSPS) is 12.9. The number of hydrogen-bond donors (Lipinski definition) is 0. The van der Waals surface area contributed by atoms with Crippen molar-refractivity contribution in [1.29, 1.82) is 0 Å². The first-order valence-electron chi connectivity index (χ1n) is 12.7. The van der Waals surface area contributed by atoms with E-state index in [-0.39, 0.29) is 5.41 Å². The number of hydrogen-bond acceptors (Lipinski definition) is 3. The Labute approximate surface area is 214 Å². The van der Waals surface area contributed by atoms with Crippen molar-refractivity contribution in [3.05, 3.63) is 66.5 Å². The Hall–Kier alpha value is -2.56. The quantitative estimate of drug-likeness (QED) is 0.227. The third kappa shape index (κ3) is 4.79. The zero-order valence-electron chi connectivity index (χ0n) is 22.1. The predicted molar refractivity (Wildman–Crippen MR) is 158 cm³/mol. The van der Waals surface area contributed by atoms with E-state index in [9.17, 15) is 0 Å². The molecule has 0 unspecified atom stereocenters. The summed E-state index contributed by atoms with van der Waals surface area (Å²) in [4.78, 5) is 9.60. The molecule has 0 aliphatic carbocycles. The van der Waals surface area contributed by atoms with Gasteiger partial charge in [0.15, 0.2) is 0 Å². The molecule has 0 fully saturated rings. The standard InChI is InChI=1S/C31H36N2SSi/c1-20(2)18-35(6,7)27-16-23(15-22-10-8-9-11-24(22)27)28-30-29(33-19-32-28)25-13-12-21(14-26(25)34-30)17-31(3,4)5/h8-16,19-20H,17-18H2,1-7H3. The van der Waals surface area contributed by atoms with Crippen molar-refractivity contribution in [2.45, 2.75) is 60.2 Å². The van der Waals surface area contributed by atoms with Gasteiger partial charge in [-0.3, -0.25) is 0 Å². The highest BCUT2D eigenvalue weighted by atomic mass is 32.1. The predicted octanol–water partition coefficient (Wildman–Crippen LogP) is 8.82. The third-order valence-electron chi connectivity index (χ3n) is 6.83. The van der Waals surface area contributed by atoms with Crippen molar-refractivity contribution in [3.8, 4) is 11.3 Å². The van der Waals surface area contributed by atoms with E-state index in [0.29, 0.717) is 5.92 Å². The van der Waals surface area contributed by atoms with Crippen molar-refractivity contribution in [1.82, 2.24) is 9.97 Å². The summed E-state index contributed by atoms with van der Waals surface area (Å²) in [6, 6.07) is 21.8. The summed E-state index contributed by atoms with van der Waals surface area (Å²) in [5, 5.41) is 5.49. The van der Waals surface area contributed by atoms with Crippen LogP contribution >= 0.6 is 11.3 Å². The fraction of sp³-hybridized carbons (Fsp3) is 0.355. The van der Waals surface area contributed by atoms with Crippen molar-refractivity contribution < 1.29 is 0 Å². The minimum absolute atomic E-state index is 0.267. The highest BCUT2D eigenvalue weighted by molar-refractivity contribution is 7.26. The lowest BCUT2D eigenvalue weighted by Gasteiger charge is -2.27. The molecule has 2 aromatic heterocycles. The Bertz CT molecular complexity index is 1540. The molecule has 0 bridgehead atoms. The zero-order valence-corrected chi connectivity index (χ0v) is 23.9. The number of aromatic nitrogens is 2. The van der Waals surface area contributed by atoms with Gasteiger partial charge in [-0.05, 0) is 46.2 Å². The van der Waals surface area contributed by atoms with Crippen LogP contribution in [0.15, 0.2) is 60.9 Å². The molecule has 0 saturated heterocycles. The molecule has 0 radical (unpaired) electrons. The van der Waals surface area contributed by atoms with Crippen LogP contribution in [0.3, 0.4) is 0 Å². The average molecular weight is 497 g/mol. The van der Waals surface area contributed by atoms with Crippen LogP contribution in [0.1, 0.15) is 40.2 Å². The van der Waals surface area contributed by atoms with Gasteiger partial charge in [-0.25, -0.2) is 9.97 Å². The molecule has 4 heteroatoms. The summed E-state index contributed by atoms with van der Waals surface area (Å²) >= 11 is 1.84. The van der Waals surface area contributed by atoms with Gasteiger partial charge in [-0.1, -0.05) is 101 Å². The van der Waals surface area contributed by atoms with Gasteiger partial charge >= 0.3 is 0 Å². The molecule has 0 aliphatic heterocycles. The highest BCUT2D eigenvalue weighted by Gasteiger charge is 2.27. The van der Waals surface area contributed by atoms with Crippen molar-refractivity contribution in [2.24, 2.45) is 11.3 Å². The molecule has 0 atom stereocenters. The van der Waals surface area contributed by atoms with Gasteiger partial charge < -0.3 is 0 Å². The molecular formula is C31H36N2SSi. The van der Waals surface area contributed by atoms with Gasteiger partial charge in [-0.2, -0.15) is 0 Å². The van der Waals surface area contributed by atoms with Gasteiger partial charge in [-0.15, -0.1) is 11.3 Å². The number of fused-ring (bicyclic) bond motifs is 4. The lowest BCUT2D eigenvalue weighted by Crippen LogP contribution is -2.42. The van der Waals surface area contributed by atoms with Crippen molar-refractivity contribution in [2.75, 3.05) is 0 Å². The van der Waals surface area contributed by atoms with E-state index < -0.39 is 8.07 Å². The summed E-state index contributed by atoms with van der Waals surface area (Å²) in [6.45, 7) is 16.6. The van der Waals surface area contributed by atoms with Gasteiger partial charge in [0.1, 0.15) is 6.33 Å². The maximum absolute atomic E-state index is 4.86. The lowest BCUT2D eigenvalue weighted by atomic mass is 9.88. The fourth-order valence-corrected chi connectivity index (χ4v) is 10.7. The molecule has 180 valence electrons. The maximum atomic E-state index is 4.86. The Balaban J connectivity index is 1.72. The second-order valence-electron chi connectivity index (χ2n) is 12.3. The first-order valence-corrected chi connectivity index (χ1v) is 16.7. The first-order chi connectivity index (χ1) is 16.5. The Kier molecular flexibility index (Phi) is 6.09. The molecular weight excluding hydrogens is 461 g/mol. The van der Waals surface area contributed by atoms with Crippen LogP contribution in [0.5, 0.6) is 0 Å². The molecule has 5 rings (SSSR count). The van der Waals surface area contributed by atoms with Crippen LogP contribution < -0.4 is 5.19 Å². The molecule has 3 aromatic carbocycles. The van der Waals surface area contributed by atoms with E-state index in [1.165, 1.54) is 42.7 Å². The van der Waals surface area contributed by atoms with Crippen LogP contribution in [0.2, 0.25) is 19.1 Å². The second-order valence-corrected chi connectivity index (χ2v) is 18.1. The first kappa shape index (κ1) is 24.1. The minimum atomic E-state index is -1.64. The number of benzene rings is 3. The molecule has 0 N–H and O–H groups in total. The smallest absolute Gasteiger partial charge is 0.116 e. The summed E-state index contributed by atoms with van der Waals surface area (Å²) in [5.74, 6) is 0.690. The van der Waals surface area contributed by atoms with Crippen LogP contribution in [-0.4, -0.2) is 18.0 Å². The number of nitrogens with zero attached hydrogens (tertiary/aromatic N) is 2. The van der Waals surface area contributed by atoms with E-state index in [0.717, 1.165) is 17.6 Å². The Morgan fingerprint density at radius 1 is 0.914 bits per heavy atom. The topological polar surface area (TPSA) is 25.8 Å². The van der Waals surface area contributed by atoms with E-state index in [1.54, 1.807) is 11.5 Å². The fourth-order valence-electron chi connectivity index (χ4n) is 5.68. The third-order valence-corrected chi connectivity index (χ3v) is 11.7. The largest absolute Gasteiger partial charge is 0.235 e. The molecule has 5 aromatic rings. The number of thiophene rings is 1. The van der Waals surface area contributed by atoms with Crippen LogP contribution in [-0.2, 0) is 6.42 Å². The molecule has 2 heterocycles. The summed E-state index contributed by atoms with van der Waals surface area (Å²) in [7, 11) is -1.64. The van der Waals surface area contributed by atoms with Crippen LogP contribution in [0.25, 0.3) is 42.3 Å². The Morgan fingerprint density at radius 3 is 2.43 bits per heavy atom. The summed E-state index contributed by atoms with van der Waals surface area (Å²) in [5.41, 5.74) is 5.02. The van der Waals surface area contributed by atoms with Gasteiger partial charge in [0.2, 0.25) is 0 Å². The molecule has 0 spiro atoms. The van der Waals surface area contributed by atoms with E-state index in [1.807, 2.05) is 11.3 Å². The van der Waals surface area contributed by atoms with Gasteiger partial charge in [0, 0.05) is 15.6 Å². The monoisotopic (exact) mass is 496 g/mol. The SMILES string of the molecule is CC(C)C[Si](C)(C)c1cc(-c2ncnc3c2sc2cc(CC(C)(C)C)ccc23)cc2ccccc12. The maximum Gasteiger partial charge on any atom is 0.116 e. The minimum Gasteiger partial charge on any atom is -0.235 e.